The Balaban J connectivity index is 2.40. The zero-order valence-electron chi connectivity index (χ0n) is 12.6. The number of carbonyl (C=O) groups is 2. The van der Waals surface area contributed by atoms with E-state index < -0.39 is 6.03 Å². The number of halogens is 1. The lowest BCUT2D eigenvalue weighted by Gasteiger charge is -2.12. The second-order valence-electron chi connectivity index (χ2n) is 4.50. The molecule has 0 unspecified atom stereocenters. The first-order chi connectivity index (χ1) is 10.5. The highest BCUT2D eigenvalue weighted by atomic mass is 35.5. The Kier molecular flexibility index (Phi) is 4.92. The third kappa shape index (κ3) is 3.01. The SMILES string of the molecule is CCOc1cc(/C=C2/NC(=O)N(CC)C2=O)cc(Cl)c1OC. The molecule has 0 saturated carbocycles. The summed E-state index contributed by atoms with van der Waals surface area (Å²) < 4.78 is 10.7. The molecule has 1 saturated heterocycles. The summed E-state index contributed by atoms with van der Waals surface area (Å²) in [6, 6.07) is 2.92. The third-order valence-electron chi connectivity index (χ3n) is 3.13. The average molecular weight is 325 g/mol. The zero-order valence-corrected chi connectivity index (χ0v) is 13.4. The van der Waals surface area contributed by atoms with E-state index in [2.05, 4.69) is 5.32 Å². The van der Waals surface area contributed by atoms with E-state index in [4.69, 9.17) is 21.1 Å². The maximum absolute atomic E-state index is 12.1. The molecule has 1 aliphatic heterocycles. The van der Waals surface area contributed by atoms with Gasteiger partial charge in [0, 0.05) is 6.54 Å². The predicted octanol–water partition coefficient (Wildman–Crippen LogP) is 2.66. The van der Waals surface area contributed by atoms with E-state index in [0.717, 1.165) is 4.90 Å². The van der Waals surface area contributed by atoms with Crippen LogP contribution in [0.5, 0.6) is 11.5 Å². The van der Waals surface area contributed by atoms with E-state index in [0.29, 0.717) is 35.2 Å². The molecule has 6 nitrogen and oxygen atoms in total. The highest BCUT2D eigenvalue weighted by Crippen LogP contribution is 2.37. The lowest BCUT2D eigenvalue weighted by molar-refractivity contribution is -0.122. The van der Waals surface area contributed by atoms with E-state index in [9.17, 15) is 9.59 Å². The van der Waals surface area contributed by atoms with E-state index in [1.54, 1.807) is 25.1 Å². The van der Waals surface area contributed by atoms with Crippen LogP contribution >= 0.6 is 11.6 Å². The van der Waals surface area contributed by atoms with Crippen LogP contribution in [0.1, 0.15) is 19.4 Å². The van der Waals surface area contributed by atoms with Gasteiger partial charge in [-0.15, -0.1) is 0 Å². The molecule has 0 aliphatic carbocycles. The number of methoxy groups -OCH3 is 1. The molecule has 7 heteroatoms. The molecule has 0 aromatic heterocycles. The van der Waals surface area contributed by atoms with Crippen LogP contribution < -0.4 is 14.8 Å². The first kappa shape index (κ1) is 16.2. The van der Waals surface area contributed by atoms with Crippen LogP contribution in [0.15, 0.2) is 17.8 Å². The number of imide groups is 1. The highest BCUT2D eigenvalue weighted by molar-refractivity contribution is 6.32. The van der Waals surface area contributed by atoms with Gasteiger partial charge in [0.25, 0.3) is 5.91 Å². The summed E-state index contributed by atoms with van der Waals surface area (Å²) in [7, 11) is 1.50. The van der Waals surface area contributed by atoms with Crippen molar-refractivity contribution in [1.29, 1.82) is 0 Å². The number of hydrogen-bond acceptors (Lipinski definition) is 4. The summed E-state index contributed by atoms with van der Waals surface area (Å²) in [4.78, 5) is 24.8. The second kappa shape index (κ2) is 6.70. The summed E-state index contributed by atoms with van der Waals surface area (Å²) >= 11 is 6.16. The van der Waals surface area contributed by atoms with Gasteiger partial charge in [-0.1, -0.05) is 11.6 Å². The lowest BCUT2D eigenvalue weighted by Crippen LogP contribution is -2.30. The van der Waals surface area contributed by atoms with E-state index in [1.165, 1.54) is 7.11 Å². The standard InChI is InChI=1S/C15H17ClN2O4/c1-4-18-14(19)11(17-15(18)20)7-9-6-10(16)13(21-3)12(8-9)22-5-2/h6-8H,4-5H2,1-3H3,(H,17,20)/b11-7+. The topological polar surface area (TPSA) is 67.9 Å². The van der Waals surface area contributed by atoms with Crippen LogP contribution in [0.3, 0.4) is 0 Å². The Morgan fingerprint density at radius 1 is 1.32 bits per heavy atom. The van der Waals surface area contributed by atoms with Crippen LogP contribution in [0, 0.1) is 0 Å². The van der Waals surface area contributed by atoms with Crippen molar-refractivity contribution in [3.05, 3.63) is 28.4 Å². The van der Waals surface area contributed by atoms with Crippen LogP contribution in [-0.4, -0.2) is 37.1 Å². The number of benzene rings is 1. The van der Waals surface area contributed by atoms with Crippen molar-refractivity contribution in [2.24, 2.45) is 0 Å². The summed E-state index contributed by atoms with van der Waals surface area (Å²) in [5, 5.41) is 2.90. The van der Waals surface area contributed by atoms with Gasteiger partial charge >= 0.3 is 6.03 Å². The molecule has 0 radical (unpaired) electrons. The van der Waals surface area contributed by atoms with E-state index in [1.807, 2.05) is 6.92 Å². The molecule has 3 amide bonds. The maximum atomic E-state index is 12.1. The van der Waals surface area contributed by atoms with Gasteiger partial charge in [-0.05, 0) is 37.6 Å². The molecule has 1 fully saturated rings. The van der Waals surface area contributed by atoms with Crippen LogP contribution in [0.25, 0.3) is 6.08 Å². The Hall–Kier alpha value is -2.21. The van der Waals surface area contributed by atoms with Crippen LogP contribution in [0.2, 0.25) is 5.02 Å². The number of carbonyl (C=O) groups excluding carboxylic acids is 2. The fraction of sp³-hybridized carbons (Fsp3) is 0.333. The molecular weight excluding hydrogens is 308 g/mol. The molecule has 118 valence electrons. The van der Waals surface area contributed by atoms with Crippen molar-refractivity contribution < 1.29 is 19.1 Å². The van der Waals surface area contributed by atoms with Gasteiger partial charge in [-0.25, -0.2) is 4.79 Å². The van der Waals surface area contributed by atoms with Gasteiger partial charge in [0.15, 0.2) is 11.5 Å². The maximum Gasteiger partial charge on any atom is 0.328 e. The molecule has 0 spiro atoms. The molecule has 22 heavy (non-hydrogen) atoms. The zero-order chi connectivity index (χ0) is 16.3. The minimum Gasteiger partial charge on any atom is -0.491 e. The smallest absolute Gasteiger partial charge is 0.328 e. The molecule has 2 rings (SSSR count). The third-order valence-corrected chi connectivity index (χ3v) is 3.41. The van der Waals surface area contributed by atoms with Crippen molar-refractivity contribution in [2.75, 3.05) is 20.3 Å². The van der Waals surface area contributed by atoms with Crippen molar-refractivity contribution in [1.82, 2.24) is 10.2 Å². The minimum absolute atomic E-state index is 0.204. The van der Waals surface area contributed by atoms with E-state index in [-0.39, 0.29) is 11.6 Å². The number of nitrogens with zero attached hydrogens (tertiary/aromatic N) is 1. The summed E-state index contributed by atoms with van der Waals surface area (Å²) in [6.45, 7) is 4.34. The summed E-state index contributed by atoms with van der Waals surface area (Å²) in [5.41, 5.74) is 0.839. The Morgan fingerprint density at radius 3 is 2.59 bits per heavy atom. The number of rotatable bonds is 5. The Morgan fingerprint density at radius 2 is 2.05 bits per heavy atom. The molecule has 1 aliphatic rings. The first-order valence-electron chi connectivity index (χ1n) is 6.86. The molecule has 0 bridgehead atoms. The fourth-order valence-corrected chi connectivity index (χ4v) is 2.45. The number of urea groups is 1. The highest BCUT2D eigenvalue weighted by Gasteiger charge is 2.32. The van der Waals surface area contributed by atoms with Crippen molar-refractivity contribution >= 4 is 29.6 Å². The van der Waals surface area contributed by atoms with Gasteiger partial charge in [-0.3, -0.25) is 9.69 Å². The lowest BCUT2D eigenvalue weighted by atomic mass is 10.1. The Bertz CT molecular complexity index is 643. The van der Waals surface area contributed by atoms with Crippen LogP contribution in [-0.2, 0) is 4.79 Å². The quantitative estimate of drug-likeness (QED) is 0.668. The molecule has 1 aromatic carbocycles. The van der Waals surface area contributed by atoms with Gasteiger partial charge < -0.3 is 14.8 Å². The number of likely N-dealkylation sites (N-methyl/N-ethyl adjacent to an activating group) is 1. The number of amides is 3. The fourth-order valence-electron chi connectivity index (χ4n) is 2.16. The second-order valence-corrected chi connectivity index (χ2v) is 4.91. The minimum atomic E-state index is -0.427. The van der Waals surface area contributed by atoms with Crippen molar-refractivity contribution in [2.45, 2.75) is 13.8 Å². The summed E-state index contributed by atoms with van der Waals surface area (Å²) in [6.07, 6.45) is 1.56. The molecule has 1 aromatic rings. The monoisotopic (exact) mass is 324 g/mol. The van der Waals surface area contributed by atoms with Crippen LogP contribution in [0.4, 0.5) is 4.79 Å². The molecule has 1 heterocycles. The van der Waals surface area contributed by atoms with Gasteiger partial charge in [-0.2, -0.15) is 0 Å². The number of ether oxygens (including phenoxy) is 2. The number of nitrogens with one attached hydrogen (secondary N) is 1. The Labute approximate surface area is 133 Å². The normalized spacial score (nSPS) is 16.2. The molecule has 1 N–H and O–H groups in total. The first-order valence-corrected chi connectivity index (χ1v) is 7.24. The summed E-state index contributed by atoms with van der Waals surface area (Å²) in [5.74, 6) is 0.550. The number of hydrogen-bond donors (Lipinski definition) is 1. The predicted molar refractivity (Wildman–Crippen MR) is 83.1 cm³/mol. The van der Waals surface area contributed by atoms with Crippen molar-refractivity contribution in [3.63, 3.8) is 0 Å². The van der Waals surface area contributed by atoms with Gasteiger partial charge in [0.1, 0.15) is 5.70 Å². The molecular formula is C15H17ClN2O4. The molecule has 0 atom stereocenters. The van der Waals surface area contributed by atoms with E-state index >= 15 is 0 Å². The van der Waals surface area contributed by atoms with Gasteiger partial charge in [0.2, 0.25) is 0 Å². The largest absolute Gasteiger partial charge is 0.491 e. The average Bonchev–Trinajstić information content (AvgIpc) is 2.73. The van der Waals surface area contributed by atoms with Crippen molar-refractivity contribution in [3.8, 4) is 11.5 Å². The van der Waals surface area contributed by atoms with Gasteiger partial charge in [0.05, 0.1) is 18.7 Å².